The number of hydrogen-bond donors (Lipinski definition) is 2. The fourth-order valence-electron chi connectivity index (χ4n) is 1.71. The van der Waals surface area contributed by atoms with Crippen molar-refractivity contribution in [1.29, 1.82) is 0 Å². The molecule has 0 saturated carbocycles. The van der Waals surface area contributed by atoms with Gasteiger partial charge in [-0.2, -0.15) is 0 Å². The van der Waals surface area contributed by atoms with Crippen molar-refractivity contribution in [2.75, 3.05) is 6.54 Å². The van der Waals surface area contributed by atoms with E-state index in [0.717, 1.165) is 18.4 Å². The maximum Gasteiger partial charge on any atom is 0.271 e. The minimum absolute atomic E-state index is 0.219. The van der Waals surface area contributed by atoms with E-state index in [9.17, 15) is 9.90 Å². The topological polar surface area (TPSA) is 75.1 Å². The van der Waals surface area contributed by atoms with Gasteiger partial charge in [-0.1, -0.05) is 12.1 Å². The molecule has 0 fully saturated rings. The number of benzene rings is 1. The molecule has 0 aliphatic heterocycles. The summed E-state index contributed by atoms with van der Waals surface area (Å²) in [5, 5.41) is 12.1. The molecule has 1 amide bonds. The van der Waals surface area contributed by atoms with Crippen molar-refractivity contribution in [3.05, 3.63) is 54.1 Å². The van der Waals surface area contributed by atoms with Crippen LogP contribution in [0.25, 0.3) is 0 Å². The number of aryl methyl sites for hydroxylation is 1. The third-order valence-electron chi connectivity index (χ3n) is 2.63. The maximum absolute atomic E-state index is 11.7. The Morgan fingerprint density at radius 3 is 2.95 bits per heavy atom. The molecule has 2 aromatic rings. The molecular weight excluding hydrogens is 242 g/mol. The second-order valence-corrected chi connectivity index (χ2v) is 4.12. The van der Waals surface area contributed by atoms with Crippen LogP contribution in [0.5, 0.6) is 5.75 Å². The van der Waals surface area contributed by atoms with Gasteiger partial charge in [-0.3, -0.25) is 9.78 Å². The van der Waals surface area contributed by atoms with Crippen LogP contribution in [0.4, 0.5) is 0 Å². The van der Waals surface area contributed by atoms with E-state index in [0.29, 0.717) is 12.2 Å². The summed E-state index contributed by atoms with van der Waals surface area (Å²) in [7, 11) is 0. The van der Waals surface area contributed by atoms with Crippen molar-refractivity contribution in [1.82, 2.24) is 15.3 Å². The highest BCUT2D eigenvalue weighted by atomic mass is 16.3. The van der Waals surface area contributed by atoms with Gasteiger partial charge in [0.25, 0.3) is 5.91 Å². The smallest absolute Gasteiger partial charge is 0.271 e. The van der Waals surface area contributed by atoms with Crippen LogP contribution in [-0.4, -0.2) is 27.5 Å². The lowest BCUT2D eigenvalue weighted by Crippen LogP contribution is -2.25. The molecule has 0 radical (unpaired) electrons. The first-order valence-electron chi connectivity index (χ1n) is 6.08. The van der Waals surface area contributed by atoms with E-state index < -0.39 is 0 Å². The second-order valence-electron chi connectivity index (χ2n) is 4.12. The van der Waals surface area contributed by atoms with Gasteiger partial charge >= 0.3 is 0 Å². The van der Waals surface area contributed by atoms with Crippen LogP contribution < -0.4 is 5.32 Å². The first kappa shape index (κ1) is 13.0. The second kappa shape index (κ2) is 6.49. The Kier molecular flexibility index (Phi) is 4.44. The van der Waals surface area contributed by atoms with Gasteiger partial charge in [-0.05, 0) is 30.5 Å². The lowest BCUT2D eigenvalue weighted by Gasteiger charge is -2.04. The fraction of sp³-hybridized carbons (Fsp3) is 0.214. The maximum atomic E-state index is 11.7. The molecule has 0 bridgehead atoms. The molecule has 98 valence electrons. The van der Waals surface area contributed by atoms with Crippen molar-refractivity contribution in [3.8, 4) is 5.75 Å². The van der Waals surface area contributed by atoms with Crippen LogP contribution in [0.3, 0.4) is 0 Å². The Balaban J connectivity index is 1.74. The number of aromatic hydroxyl groups is 1. The Morgan fingerprint density at radius 2 is 2.21 bits per heavy atom. The predicted molar refractivity (Wildman–Crippen MR) is 70.8 cm³/mol. The minimum Gasteiger partial charge on any atom is -0.508 e. The fourth-order valence-corrected chi connectivity index (χ4v) is 1.71. The number of nitrogens with one attached hydrogen (secondary N) is 1. The highest BCUT2D eigenvalue weighted by Crippen LogP contribution is 2.12. The molecule has 5 heteroatoms. The molecule has 0 unspecified atom stereocenters. The average Bonchev–Trinajstić information content (AvgIpc) is 2.44. The summed E-state index contributed by atoms with van der Waals surface area (Å²) in [6.45, 7) is 0.561. The summed E-state index contributed by atoms with van der Waals surface area (Å²) in [4.78, 5) is 19.4. The molecule has 1 aromatic carbocycles. The zero-order valence-corrected chi connectivity index (χ0v) is 10.4. The molecule has 0 aliphatic rings. The average molecular weight is 257 g/mol. The number of carbonyl (C=O) groups is 1. The van der Waals surface area contributed by atoms with E-state index in [1.165, 1.54) is 18.6 Å². The number of amides is 1. The first-order valence-corrected chi connectivity index (χ1v) is 6.08. The molecule has 0 atom stereocenters. The molecular formula is C14H15N3O2. The lowest BCUT2D eigenvalue weighted by atomic mass is 10.1. The molecule has 2 rings (SSSR count). The van der Waals surface area contributed by atoms with E-state index in [4.69, 9.17) is 0 Å². The number of nitrogens with zero attached hydrogens (tertiary/aromatic N) is 2. The monoisotopic (exact) mass is 257 g/mol. The minimum atomic E-state index is -0.219. The molecule has 1 aromatic heterocycles. The Bertz CT molecular complexity index is 543. The quantitative estimate of drug-likeness (QED) is 0.797. The number of rotatable bonds is 5. The standard InChI is InChI=1S/C14H15N3O2/c18-12-5-1-3-11(9-12)4-2-6-17-14(19)13-10-15-7-8-16-13/h1,3,5,7-10,18H,2,4,6H2,(H,17,19). The van der Waals surface area contributed by atoms with Gasteiger partial charge in [-0.25, -0.2) is 4.98 Å². The summed E-state index contributed by atoms with van der Waals surface area (Å²) < 4.78 is 0. The largest absolute Gasteiger partial charge is 0.508 e. The van der Waals surface area contributed by atoms with Crippen LogP contribution in [0.1, 0.15) is 22.5 Å². The zero-order chi connectivity index (χ0) is 13.5. The number of phenols is 1. The van der Waals surface area contributed by atoms with Crippen molar-refractivity contribution in [3.63, 3.8) is 0 Å². The van der Waals surface area contributed by atoms with Crippen LogP contribution in [0, 0.1) is 0 Å². The van der Waals surface area contributed by atoms with Crippen molar-refractivity contribution in [2.45, 2.75) is 12.8 Å². The van der Waals surface area contributed by atoms with Crippen LogP contribution in [-0.2, 0) is 6.42 Å². The van der Waals surface area contributed by atoms with E-state index in [2.05, 4.69) is 15.3 Å². The Morgan fingerprint density at radius 1 is 1.32 bits per heavy atom. The number of carbonyl (C=O) groups excluding carboxylic acids is 1. The SMILES string of the molecule is O=C(NCCCc1cccc(O)c1)c1cnccn1. The van der Waals surface area contributed by atoms with E-state index in [1.54, 1.807) is 12.1 Å². The number of hydrogen-bond acceptors (Lipinski definition) is 4. The summed E-state index contributed by atoms with van der Waals surface area (Å²) in [5.74, 6) is 0.0464. The van der Waals surface area contributed by atoms with Gasteiger partial charge < -0.3 is 10.4 Å². The Labute approximate surface area is 111 Å². The zero-order valence-electron chi connectivity index (χ0n) is 10.4. The van der Waals surface area contributed by atoms with E-state index in [-0.39, 0.29) is 11.7 Å². The lowest BCUT2D eigenvalue weighted by molar-refractivity contribution is 0.0948. The number of phenolic OH excluding ortho intramolecular Hbond substituents is 1. The summed E-state index contributed by atoms with van der Waals surface area (Å²) >= 11 is 0. The molecule has 0 spiro atoms. The molecule has 19 heavy (non-hydrogen) atoms. The summed E-state index contributed by atoms with van der Waals surface area (Å²) in [6.07, 6.45) is 6.05. The van der Waals surface area contributed by atoms with E-state index >= 15 is 0 Å². The van der Waals surface area contributed by atoms with Crippen molar-refractivity contribution < 1.29 is 9.90 Å². The third kappa shape index (κ3) is 4.06. The van der Waals surface area contributed by atoms with Gasteiger partial charge in [0.1, 0.15) is 11.4 Å². The predicted octanol–water partition coefficient (Wildman–Crippen LogP) is 1.54. The van der Waals surface area contributed by atoms with Gasteiger partial charge in [-0.15, -0.1) is 0 Å². The van der Waals surface area contributed by atoms with Gasteiger partial charge in [0.15, 0.2) is 0 Å². The molecule has 0 saturated heterocycles. The third-order valence-corrected chi connectivity index (χ3v) is 2.63. The summed E-state index contributed by atoms with van der Waals surface area (Å²) in [5.41, 5.74) is 1.37. The molecule has 5 nitrogen and oxygen atoms in total. The van der Waals surface area contributed by atoms with Crippen molar-refractivity contribution in [2.24, 2.45) is 0 Å². The van der Waals surface area contributed by atoms with Crippen LogP contribution in [0.15, 0.2) is 42.9 Å². The Hall–Kier alpha value is -2.43. The molecule has 1 heterocycles. The normalized spacial score (nSPS) is 10.1. The van der Waals surface area contributed by atoms with Crippen molar-refractivity contribution >= 4 is 5.91 Å². The van der Waals surface area contributed by atoms with Crippen LogP contribution in [0.2, 0.25) is 0 Å². The van der Waals surface area contributed by atoms with Crippen LogP contribution >= 0.6 is 0 Å². The molecule has 2 N–H and O–H groups in total. The first-order chi connectivity index (χ1) is 9.25. The summed E-state index contributed by atoms with van der Waals surface area (Å²) in [6, 6.07) is 7.12. The van der Waals surface area contributed by atoms with Gasteiger partial charge in [0.05, 0.1) is 6.20 Å². The highest BCUT2D eigenvalue weighted by Gasteiger charge is 2.05. The van der Waals surface area contributed by atoms with E-state index in [1.807, 2.05) is 12.1 Å². The highest BCUT2D eigenvalue weighted by molar-refractivity contribution is 5.91. The van der Waals surface area contributed by atoms with Gasteiger partial charge in [0.2, 0.25) is 0 Å². The molecule has 0 aliphatic carbocycles. The number of aromatic nitrogens is 2. The van der Waals surface area contributed by atoms with Gasteiger partial charge in [0, 0.05) is 18.9 Å².